The number of carbonyl (C=O) groups excluding carboxylic acids is 1. The van der Waals surface area contributed by atoms with Crippen LogP contribution in [0.15, 0.2) is 36.5 Å². The highest BCUT2D eigenvalue weighted by Crippen LogP contribution is 2.30. The van der Waals surface area contributed by atoms with Crippen molar-refractivity contribution in [1.29, 1.82) is 0 Å². The Hall–Kier alpha value is -1.44. The summed E-state index contributed by atoms with van der Waals surface area (Å²) in [6.45, 7) is 0. The van der Waals surface area contributed by atoms with E-state index in [-0.39, 0.29) is 5.78 Å². The Morgan fingerprint density at radius 1 is 1.46 bits per heavy atom. The lowest BCUT2D eigenvalue weighted by atomic mass is 10.2. The molecule has 1 aliphatic rings. The van der Waals surface area contributed by atoms with Gasteiger partial charge in [-0.05, 0) is 37.0 Å². The number of ketones is 1. The SMILES string of the molecule is O=C(/C=C/C1CC1)c1ccccn1. The first-order valence-corrected chi connectivity index (χ1v) is 4.50. The minimum absolute atomic E-state index is 0.00694. The third-order valence-corrected chi connectivity index (χ3v) is 2.06. The fourth-order valence-corrected chi connectivity index (χ4v) is 1.11. The van der Waals surface area contributed by atoms with Crippen molar-refractivity contribution < 1.29 is 4.79 Å². The summed E-state index contributed by atoms with van der Waals surface area (Å²) in [5.41, 5.74) is 0.527. The van der Waals surface area contributed by atoms with Crippen molar-refractivity contribution in [2.45, 2.75) is 12.8 Å². The van der Waals surface area contributed by atoms with E-state index in [1.807, 2.05) is 12.1 Å². The Morgan fingerprint density at radius 2 is 2.31 bits per heavy atom. The Balaban J connectivity index is 2.04. The number of hydrogen-bond acceptors (Lipinski definition) is 2. The predicted octanol–water partition coefficient (Wildman–Crippen LogP) is 2.23. The summed E-state index contributed by atoms with van der Waals surface area (Å²) in [7, 11) is 0. The molecule has 1 fully saturated rings. The summed E-state index contributed by atoms with van der Waals surface area (Å²) in [4.78, 5) is 15.4. The maximum atomic E-state index is 11.4. The van der Waals surface area contributed by atoms with Gasteiger partial charge in [-0.2, -0.15) is 0 Å². The van der Waals surface area contributed by atoms with Crippen LogP contribution in [0.1, 0.15) is 23.3 Å². The third kappa shape index (κ3) is 2.25. The fourth-order valence-electron chi connectivity index (χ4n) is 1.11. The highest BCUT2D eigenvalue weighted by atomic mass is 16.1. The van der Waals surface area contributed by atoms with E-state index in [1.165, 1.54) is 12.8 Å². The summed E-state index contributed by atoms with van der Waals surface area (Å²) >= 11 is 0. The molecule has 0 radical (unpaired) electrons. The van der Waals surface area contributed by atoms with Crippen LogP contribution in [-0.4, -0.2) is 10.8 Å². The monoisotopic (exact) mass is 173 g/mol. The molecule has 13 heavy (non-hydrogen) atoms. The van der Waals surface area contributed by atoms with Gasteiger partial charge in [0.05, 0.1) is 0 Å². The summed E-state index contributed by atoms with van der Waals surface area (Å²) < 4.78 is 0. The van der Waals surface area contributed by atoms with Crippen molar-refractivity contribution in [2.75, 3.05) is 0 Å². The number of pyridine rings is 1. The molecule has 0 bridgehead atoms. The van der Waals surface area contributed by atoms with Crippen molar-refractivity contribution in [3.8, 4) is 0 Å². The highest BCUT2D eigenvalue weighted by Gasteiger charge is 2.17. The first-order valence-electron chi connectivity index (χ1n) is 4.50. The van der Waals surface area contributed by atoms with Crippen LogP contribution in [0.4, 0.5) is 0 Å². The lowest BCUT2D eigenvalue weighted by Crippen LogP contribution is -1.96. The zero-order valence-corrected chi connectivity index (χ0v) is 7.31. The van der Waals surface area contributed by atoms with Gasteiger partial charge in [-0.1, -0.05) is 12.1 Å². The number of hydrogen-bond donors (Lipinski definition) is 0. The van der Waals surface area contributed by atoms with E-state index >= 15 is 0 Å². The number of rotatable bonds is 3. The normalized spacial score (nSPS) is 16.3. The van der Waals surface area contributed by atoms with Gasteiger partial charge < -0.3 is 0 Å². The molecule has 1 aromatic rings. The van der Waals surface area contributed by atoms with Crippen molar-refractivity contribution in [3.63, 3.8) is 0 Å². The summed E-state index contributed by atoms with van der Waals surface area (Å²) in [6, 6.07) is 5.37. The van der Waals surface area contributed by atoms with Crippen molar-refractivity contribution in [1.82, 2.24) is 4.98 Å². The van der Waals surface area contributed by atoms with Crippen LogP contribution in [0.5, 0.6) is 0 Å². The van der Waals surface area contributed by atoms with Crippen LogP contribution in [0.25, 0.3) is 0 Å². The van der Waals surface area contributed by atoms with Crippen molar-refractivity contribution in [2.24, 2.45) is 5.92 Å². The molecule has 0 spiro atoms. The molecule has 1 saturated carbocycles. The van der Waals surface area contributed by atoms with Gasteiger partial charge in [0.25, 0.3) is 0 Å². The molecule has 2 rings (SSSR count). The molecule has 0 N–H and O–H groups in total. The standard InChI is InChI=1S/C11H11NO/c13-11(7-6-9-4-5-9)10-3-1-2-8-12-10/h1-3,6-9H,4-5H2/b7-6+. The van der Waals surface area contributed by atoms with Gasteiger partial charge in [-0.15, -0.1) is 0 Å². The van der Waals surface area contributed by atoms with Crippen LogP contribution in [-0.2, 0) is 0 Å². The maximum absolute atomic E-state index is 11.4. The number of nitrogens with zero attached hydrogens (tertiary/aromatic N) is 1. The molecule has 2 nitrogen and oxygen atoms in total. The van der Waals surface area contributed by atoms with Crippen LogP contribution >= 0.6 is 0 Å². The van der Waals surface area contributed by atoms with Crippen LogP contribution in [0, 0.1) is 5.92 Å². The molecule has 0 unspecified atom stereocenters. The third-order valence-electron chi connectivity index (χ3n) is 2.06. The lowest BCUT2D eigenvalue weighted by Gasteiger charge is -1.91. The molecule has 1 aliphatic carbocycles. The number of carbonyl (C=O) groups is 1. The highest BCUT2D eigenvalue weighted by molar-refractivity contribution is 6.02. The van der Waals surface area contributed by atoms with Gasteiger partial charge in [0.15, 0.2) is 0 Å². The lowest BCUT2D eigenvalue weighted by molar-refractivity contribution is 0.104. The topological polar surface area (TPSA) is 30.0 Å². The molecule has 1 heterocycles. The van der Waals surface area contributed by atoms with Crippen LogP contribution < -0.4 is 0 Å². The summed E-state index contributed by atoms with van der Waals surface area (Å²) in [5.74, 6) is 0.653. The van der Waals surface area contributed by atoms with E-state index in [9.17, 15) is 4.79 Å². The van der Waals surface area contributed by atoms with Crippen molar-refractivity contribution >= 4 is 5.78 Å². The first kappa shape index (κ1) is 8.17. The van der Waals surface area contributed by atoms with Gasteiger partial charge in [-0.25, -0.2) is 0 Å². The maximum Gasteiger partial charge on any atom is 0.203 e. The zero-order valence-electron chi connectivity index (χ0n) is 7.31. The smallest absolute Gasteiger partial charge is 0.203 e. The molecule has 2 heteroatoms. The summed E-state index contributed by atoms with van der Waals surface area (Å²) in [6.07, 6.45) is 7.72. The Morgan fingerprint density at radius 3 is 2.92 bits per heavy atom. The zero-order chi connectivity index (χ0) is 9.10. The quantitative estimate of drug-likeness (QED) is 0.518. The molecule has 66 valence electrons. The number of aromatic nitrogens is 1. The Kier molecular flexibility index (Phi) is 2.21. The largest absolute Gasteiger partial charge is 0.288 e. The van der Waals surface area contributed by atoms with E-state index in [2.05, 4.69) is 4.98 Å². The average molecular weight is 173 g/mol. The van der Waals surface area contributed by atoms with Gasteiger partial charge in [0, 0.05) is 6.20 Å². The molecular weight excluding hydrogens is 162 g/mol. The molecule has 0 aromatic carbocycles. The van der Waals surface area contributed by atoms with Gasteiger partial charge in [-0.3, -0.25) is 9.78 Å². The minimum Gasteiger partial charge on any atom is -0.288 e. The van der Waals surface area contributed by atoms with Crippen LogP contribution in [0.3, 0.4) is 0 Å². The molecule has 0 aliphatic heterocycles. The van der Waals surface area contributed by atoms with Gasteiger partial charge >= 0.3 is 0 Å². The van der Waals surface area contributed by atoms with Gasteiger partial charge in [0.1, 0.15) is 5.69 Å². The summed E-state index contributed by atoms with van der Waals surface area (Å²) in [5, 5.41) is 0. The van der Waals surface area contributed by atoms with Gasteiger partial charge in [0.2, 0.25) is 5.78 Å². The molecule has 1 aromatic heterocycles. The van der Waals surface area contributed by atoms with Crippen LogP contribution in [0.2, 0.25) is 0 Å². The van der Waals surface area contributed by atoms with E-state index in [1.54, 1.807) is 24.4 Å². The number of allylic oxidation sites excluding steroid dienone is 2. The fraction of sp³-hybridized carbons (Fsp3) is 0.273. The second-order valence-corrected chi connectivity index (χ2v) is 3.28. The molecule has 0 saturated heterocycles. The predicted molar refractivity (Wildman–Crippen MR) is 50.4 cm³/mol. The average Bonchev–Trinajstić information content (AvgIpc) is 2.99. The minimum atomic E-state index is 0.00694. The van der Waals surface area contributed by atoms with E-state index in [0.717, 1.165) is 0 Å². The second kappa shape index (κ2) is 3.52. The molecule has 0 atom stereocenters. The Labute approximate surface area is 77.3 Å². The second-order valence-electron chi connectivity index (χ2n) is 3.28. The molecule has 0 amide bonds. The van der Waals surface area contributed by atoms with E-state index in [4.69, 9.17) is 0 Å². The Bertz CT molecular complexity index is 325. The van der Waals surface area contributed by atoms with E-state index < -0.39 is 0 Å². The van der Waals surface area contributed by atoms with E-state index in [0.29, 0.717) is 11.6 Å². The van der Waals surface area contributed by atoms with Crippen molar-refractivity contribution in [3.05, 3.63) is 42.2 Å². The molecular formula is C11H11NO. The first-order chi connectivity index (χ1) is 6.36.